The number of hydrogen-bond donors (Lipinski definition) is 2. The van der Waals surface area contributed by atoms with Gasteiger partial charge in [0.25, 0.3) is 0 Å². The molecule has 0 atom stereocenters. The number of benzene rings is 2. The van der Waals surface area contributed by atoms with Crippen molar-refractivity contribution in [3.05, 3.63) is 64.9 Å². The SMILES string of the molecule is COc1ccccc1OCCC/C(O)=C(/N)c1ccc(Cl)cc1. The van der Waals surface area contributed by atoms with Crippen LogP contribution in [0.1, 0.15) is 18.4 Å². The number of aliphatic hydroxyl groups is 1. The van der Waals surface area contributed by atoms with Gasteiger partial charge >= 0.3 is 0 Å². The predicted octanol–water partition coefficient (Wildman–Crippen LogP) is 4.39. The lowest BCUT2D eigenvalue weighted by atomic mass is 10.1. The highest BCUT2D eigenvalue weighted by atomic mass is 35.5. The highest BCUT2D eigenvalue weighted by Crippen LogP contribution is 2.26. The van der Waals surface area contributed by atoms with E-state index in [1.807, 2.05) is 24.3 Å². The minimum Gasteiger partial charge on any atom is -0.510 e. The molecule has 2 rings (SSSR count). The standard InChI is InChI=1S/C18H20ClNO3/c1-22-16-6-2-3-7-17(16)23-12-4-5-15(21)18(20)13-8-10-14(19)11-9-13/h2-3,6-11,21H,4-5,12,20H2,1H3/b18-15-. The van der Waals surface area contributed by atoms with Gasteiger partial charge in [-0.15, -0.1) is 0 Å². The molecule has 0 spiro atoms. The summed E-state index contributed by atoms with van der Waals surface area (Å²) in [7, 11) is 1.60. The summed E-state index contributed by atoms with van der Waals surface area (Å²) in [5.41, 5.74) is 7.06. The van der Waals surface area contributed by atoms with Crippen molar-refractivity contribution in [2.45, 2.75) is 12.8 Å². The van der Waals surface area contributed by atoms with Gasteiger partial charge in [0.15, 0.2) is 11.5 Å². The van der Waals surface area contributed by atoms with Crippen molar-refractivity contribution < 1.29 is 14.6 Å². The highest BCUT2D eigenvalue weighted by Gasteiger charge is 2.06. The fraction of sp³-hybridized carbons (Fsp3) is 0.222. The summed E-state index contributed by atoms with van der Waals surface area (Å²) in [5, 5.41) is 10.7. The van der Waals surface area contributed by atoms with E-state index in [2.05, 4.69) is 0 Å². The van der Waals surface area contributed by atoms with Crippen molar-refractivity contribution in [2.24, 2.45) is 5.73 Å². The third kappa shape index (κ3) is 4.83. The molecular weight excluding hydrogens is 314 g/mol. The summed E-state index contributed by atoms with van der Waals surface area (Å²) >= 11 is 5.84. The summed E-state index contributed by atoms with van der Waals surface area (Å²) in [6, 6.07) is 14.5. The van der Waals surface area contributed by atoms with Gasteiger partial charge in [-0.1, -0.05) is 35.9 Å². The van der Waals surface area contributed by atoms with Gasteiger partial charge in [0.05, 0.1) is 19.4 Å². The normalized spacial score (nSPS) is 11.7. The number of halogens is 1. The molecule has 0 fully saturated rings. The van der Waals surface area contributed by atoms with Crippen LogP contribution in [0.3, 0.4) is 0 Å². The van der Waals surface area contributed by atoms with Gasteiger partial charge in [0.1, 0.15) is 5.76 Å². The molecule has 0 radical (unpaired) electrons. The molecule has 2 aromatic carbocycles. The topological polar surface area (TPSA) is 64.7 Å². The summed E-state index contributed by atoms with van der Waals surface area (Å²) in [6.07, 6.45) is 1.07. The van der Waals surface area contributed by atoms with Crippen molar-refractivity contribution in [2.75, 3.05) is 13.7 Å². The summed E-state index contributed by atoms with van der Waals surface area (Å²) in [5.74, 6) is 1.52. The average molecular weight is 334 g/mol. The maximum absolute atomic E-state index is 10.1. The van der Waals surface area contributed by atoms with Crippen LogP contribution in [0.4, 0.5) is 0 Å². The monoisotopic (exact) mass is 333 g/mol. The van der Waals surface area contributed by atoms with E-state index in [0.717, 1.165) is 5.56 Å². The lowest BCUT2D eigenvalue weighted by molar-refractivity contribution is 0.279. The molecule has 0 aliphatic heterocycles. The number of aliphatic hydroxyl groups excluding tert-OH is 1. The van der Waals surface area contributed by atoms with Crippen molar-refractivity contribution in [3.8, 4) is 11.5 Å². The molecule has 0 aliphatic carbocycles. The number of nitrogens with two attached hydrogens (primary N) is 1. The third-order valence-corrected chi connectivity index (χ3v) is 3.60. The molecule has 122 valence electrons. The van der Waals surface area contributed by atoms with Gasteiger partial charge in [-0.25, -0.2) is 0 Å². The number of allylic oxidation sites excluding steroid dienone is 1. The molecule has 4 nitrogen and oxygen atoms in total. The fourth-order valence-corrected chi connectivity index (χ4v) is 2.22. The van der Waals surface area contributed by atoms with Crippen LogP contribution in [0.25, 0.3) is 5.70 Å². The highest BCUT2D eigenvalue weighted by molar-refractivity contribution is 6.30. The predicted molar refractivity (Wildman–Crippen MR) is 92.9 cm³/mol. The zero-order chi connectivity index (χ0) is 16.7. The molecule has 0 aliphatic rings. The molecule has 0 heterocycles. The van der Waals surface area contributed by atoms with E-state index in [4.69, 9.17) is 26.8 Å². The van der Waals surface area contributed by atoms with E-state index < -0.39 is 0 Å². The van der Waals surface area contributed by atoms with Gasteiger partial charge in [-0.3, -0.25) is 0 Å². The first-order chi connectivity index (χ1) is 11.1. The van der Waals surface area contributed by atoms with Crippen LogP contribution in [0.2, 0.25) is 5.02 Å². The maximum Gasteiger partial charge on any atom is 0.161 e. The Morgan fingerprint density at radius 1 is 1.09 bits per heavy atom. The van der Waals surface area contributed by atoms with E-state index in [1.54, 1.807) is 31.4 Å². The lowest BCUT2D eigenvalue weighted by Crippen LogP contribution is -2.04. The quantitative estimate of drug-likeness (QED) is 0.582. The van der Waals surface area contributed by atoms with Crippen LogP contribution in [-0.4, -0.2) is 18.8 Å². The summed E-state index contributed by atoms with van der Waals surface area (Å²) < 4.78 is 10.9. The summed E-state index contributed by atoms with van der Waals surface area (Å²) in [4.78, 5) is 0. The Labute approximate surface area is 141 Å². The Morgan fingerprint density at radius 2 is 1.74 bits per heavy atom. The molecule has 0 aromatic heterocycles. The number of hydrogen-bond acceptors (Lipinski definition) is 4. The second-order valence-corrected chi connectivity index (χ2v) is 5.41. The minimum absolute atomic E-state index is 0.149. The molecule has 0 unspecified atom stereocenters. The Kier molecular flexibility index (Phi) is 6.18. The molecule has 2 aromatic rings. The second-order valence-electron chi connectivity index (χ2n) is 4.97. The van der Waals surface area contributed by atoms with Gasteiger partial charge in [-0.2, -0.15) is 0 Å². The molecule has 0 saturated heterocycles. The van der Waals surface area contributed by atoms with Crippen LogP contribution in [0, 0.1) is 0 Å². The number of rotatable bonds is 7. The number of methoxy groups -OCH3 is 1. The van der Waals surface area contributed by atoms with Gasteiger partial charge < -0.3 is 20.3 Å². The molecule has 0 amide bonds. The fourth-order valence-electron chi connectivity index (χ4n) is 2.09. The van der Waals surface area contributed by atoms with E-state index in [-0.39, 0.29) is 5.76 Å². The Bertz CT molecular complexity index is 668. The maximum atomic E-state index is 10.1. The minimum atomic E-state index is 0.149. The average Bonchev–Trinajstić information content (AvgIpc) is 2.59. The smallest absolute Gasteiger partial charge is 0.161 e. The zero-order valence-electron chi connectivity index (χ0n) is 13.0. The first-order valence-corrected chi connectivity index (χ1v) is 7.69. The van der Waals surface area contributed by atoms with Gasteiger partial charge in [0, 0.05) is 17.0 Å². The first-order valence-electron chi connectivity index (χ1n) is 7.31. The molecule has 0 saturated carbocycles. The van der Waals surface area contributed by atoms with Gasteiger partial charge in [-0.05, 0) is 30.7 Å². The molecular formula is C18H20ClNO3. The number of ether oxygens (including phenoxy) is 2. The molecule has 5 heteroatoms. The Balaban J connectivity index is 1.87. The number of para-hydroxylation sites is 2. The molecule has 0 bridgehead atoms. The van der Waals surface area contributed by atoms with Crippen LogP contribution in [-0.2, 0) is 0 Å². The van der Waals surface area contributed by atoms with Crippen LogP contribution in [0.5, 0.6) is 11.5 Å². The van der Waals surface area contributed by atoms with Crippen molar-refractivity contribution in [1.29, 1.82) is 0 Å². The summed E-state index contributed by atoms with van der Waals surface area (Å²) in [6.45, 7) is 0.457. The van der Waals surface area contributed by atoms with Gasteiger partial charge in [0.2, 0.25) is 0 Å². The van der Waals surface area contributed by atoms with Crippen LogP contribution >= 0.6 is 11.6 Å². The zero-order valence-corrected chi connectivity index (χ0v) is 13.7. The lowest BCUT2D eigenvalue weighted by Gasteiger charge is -2.11. The first kappa shape index (κ1) is 17.0. The molecule has 23 heavy (non-hydrogen) atoms. The molecule has 3 N–H and O–H groups in total. The Hall–Kier alpha value is -2.33. The largest absolute Gasteiger partial charge is 0.510 e. The van der Waals surface area contributed by atoms with E-state index in [9.17, 15) is 5.11 Å². The van der Waals surface area contributed by atoms with E-state index in [0.29, 0.717) is 41.7 Å². The Morgan fingerprint density at radius 3 is 2.39 bits per heavy atom. The van der Waals surface area contributed by atoms with Crippen LogP contribution in [0.15, 0.2) is 54.3 Å². The van der Waals surface area contributed by atoms with Crippen LogP contribution < -0.4 is 15.2 Å². The third-order valence-electron chi connectivity index (χ3n) is 3.35. The second kappa shape index (κ2) is 8.34. The van der Waals surface area contributed by atoms with Crippen molar-refractivity contribution >= 4 is 17.3 Å². The van der Waals surface area contributed by atoms with Crippen molar-refractivity contribution in [3.63, 3.8) is 0 Å². The van der Waals surface area contributed by atoms with Crippen molar-refractivity contribution in [1.82, 2.24) is 0 Å². The van der Waals surface area contributed by atoms with E-state index in [1.165, 1.54) is 0 Å². The van der Waals surface area contributed by atoms with E-state index >= 15 is 0 Å².